The van der Waals surface area contributed by atoms with Gasteiger partial charge in [0.1, 0.15) is 6.61 Å². The molecular weight excluding hydrogens is 266 g/mol. The van der Waals surface area contributed by atoms with Crippen LogP contribution in [0.5, 0.6) is 11.5 Å². The van der Waals surface area contributed by atoms with Gasteiger partial charge in [0.15, 0.2) is 17.6 Å². The smallest absolute Gasteiger partial charge is 0.407 e. The molecule has 1 heterocycles. The Morgan fingerprint density at radius 2 is 2.00 bits per heavy atom. The van der Waals surface area contributed by atoms with Crippen molar-refractivity contribution in [3.63, 3.8) is 0 Å². The summed E-state index contributed by atoms with van der Waals surface area (Å²) in [6.45, 7) is 0.799. The number of carbonyl (C=O) groups is 2. The minimum absolute atomic E-state index is 0.239. The maximum Gasteiger partial charge on any atom is 0.407 e. The fourth-order valence-corrected chi connectivity index (χ4v) is 1.45. The molecule has 1 aliphatic rings. The van der Waals surface area contributed by atoms with Crippen LogP contribution in [-0.2, 0) is 4.74 Å². The summed E-state index contributed by atoms with van der Waals surface area (Å²) in [7, 11) is 1.58. The summed E-state index contributed by atoms with van der Waals surface area (Å²) in [5, 5.41) is 2.56. The summed E-state index contributed by atoms with van der Waals surface area (Å²) < 4.78 is 15.6. The Morgan fingerprint density at radius 3 is 2.50 bits per heavy atom. The Hall–Kier alpha value is -2.64. The monoisotopic (exact) mass is 283 g/mol. The SMILES string of the molecule is COc1ccccc1OCC1CNC(=O)O1.NC(N)=O. The number of rotatable bonds is 4. The molecule has 1 aromatic rings. The van der Waals surface area contributed by atoms with Gasteiger partial charge in [-0.2, -0.15) is 0 Å². The van der Waals surface area contributed by atoms with E-state index < -0.39 is 12.1 Å². The van der Waals surface area contributed by atoms with Crippen molar-refractivity contribution in [2.75, 3.05) is 20.3 Å². The fraction of sp³-hybridized carbons (Fsp3) is 0.333. The lowest BCUT2D eigenvalue weighted by molar-refractivity contribution is 0.103. The molecule has 110 valence electrons. The van der Waals surface area contributed by atoms with Crippen LogP contribution in [0.4, 0.5) is 9.59 Å². The molecule has 3 amide bonds. The van der Waals surface area contributed by atoms with E-state index >= 15 is 0 Å². The molecule has 1 saturated heterocycles. The van der Waals surface area contributed by atoms with Crippen LogP contribution in [0.3, 0.4) is 0 Å². The number of carbonyl (C=O) groups excluding carboxylic acids is 2. The molecule has 2 rings (SSSR count). The number of urea groups is 1. The maximum atomic E-state index is 10.8. The summed E-state index contributed by atoms with van der Waals surface area (Å²) in [6, 6.07) is 6.51. The molecule has 1 aliphatic heterocycles. The molecule has 8 heteroatoms. The number of methoxy groups -OCH3 is 1. The normalized spacial score (nSPS) is 16.2. The summed E-state index contributed by atoms with van der Waals surface area (Å²) in [4.78, 5) is 19.8. The van der Waals surface area contributed by atoms with Crippen molar-refractivity contribution in [1.29, 1.82) is 0 Å². The summed E-state index contributed by atoms with van der Waals surface area (Å²) >= 11 is 0. The average molecular weight is 283 g/mol. The molecule has 1 fully saturated rings. The van der Waals surface area contributed by atoms with Crippen LogP contribution in [0.15, 0.2) is 24.3 Å². The van der Waals surface area contributed by atoms with E-state index in [0.717, 1.165) is 0 Å². The first-order valence-corrected chi connectivity index (χ1v) is 5.78. The van der Waals surface area contributed by atoms with Gasteiger partial charge in [-0.1, -0.05) is 12.1 Å². The lowest BCUT2D eigenvalue weighted by atomic mass is 10.3. The van der Waals surface area contributed by atoms with E-state index in [1.165, 1.54) is 0 Å². The van der Waals surface area contributed by atoms with Gasteiger partial charge >= 0.3 is 12.1 Å². The minimum atomic E-state index is -0.833. The van der Waals surface area contributed by atoms with Crippen molar-refractivity contribution < 1.29 is 23.8 Å². The summed E-state index contributed by atoms with van der Waals surface area (Å²) in [5.74, 6) is 1.31. The van der Waals surface area contributed by atoms with Gasteiger partial charge in [0.25, 0.3) is 0 Å². The number of amides is 3. The third-order valence-electron chi connectivity index (χ3n) is 2.24. The van der Waals surface area contributed by atoms with Gasteiger partial charge in [-0.15, -0.1) is 0 Å². The topological polar surface area (TPSA) is 126 Å². The van der Waals surface area contributed by atoms with E-state index in [0.29, 0.717) is 24.7 Å². The Kier molecular flexibility index (Phi) is 5.95. The van der Waals surface area contributed by atoms with Crippen LogP contribution in [0, 0.1) is 0 Å². The van der Waals surface area contributed by atoms with E-state index in [9.17, 15) is 4.79 Å². The zero-order chi connectivity index (χ0) is 15.0. The van der Waals surface area contributed by atoms with Gasteiger partial charge in [-0.25, -0.2) is 9.59 Å². The van der Waals surface area contributed by atoms with E-state index in [1.807, 2.05) is 24.3 Å². The van der Waals surface area contributed by atoms with Crippen molar-refractivity contribution in [3.8, 4) is 11.5 Å². The van der Waals surface area contributed by atoms with Crippen molar-refractivity contribution in [3.05, 3.63) is 24.3 Å². The highest BCUT2D eigenvalue weighted by Gasteiger charge is 2.23. The van der Waals surface area contributed by atoms with Crippen molar-refractivity contribution in [2.24, 2.45) is 11.5 Å². The number of ether oxygens (including phenoxy) is 3. The maximum absolute atomic E-state index is 10.8. The quantitative estimate of drug-likeness (QED) is 0.728. The molecule has 1 atom stereocenters. The number of primary amides is 2. The number of para-hydroxylation sites is 2. The molecule has 0 saturated carbocycles. The van der Waals surface area contributed by atoms with Gasteiger partial charge in [0.05, 0.1) is 13.7 Å². The first-order chi connectivity index (χ1) is 9.52. The molecule has 20 heavy (non-hydrogen) atoms. The second-order valence-electron chi connectivity index (χ2n) is 3.77. The Bertz CT molecular complexity index is 462. The van der Waals surface area contributed by atoms with Crippen LogP contribution in [-0.4, -0.2) is 38.5 Å². The molecule has 0 spiro atoms. The van der Waals surface area contributed by atoms with E-state index in [1.54, 1.807) is 7.11 Å². The van der Waals surface area contributed by atoms with Crippen molar-refractivity contribution in [2.45, 2.75) is 6.10 Å². The molecule has 1 aromatic carbocycles. The molecule has 0 radical (unpaired) electrons. The predicted octanol–water partition coefficient (Wildman–Crippen LogP) is 0.206. The third kappa shape index (κ3) is 5.34. The first-order valence-electron chi connectivity index (χ1n) is 5.78. The number of nitrogens with two attached hydrogens (primary N) is 2. The molecule has 0 bridgehead atoms. The minimum Gasteiger partial charge on any atom is -0.493 e. The number of cyclic esters (lactones) is 1. The van der Waals surface area contributed by atoms with Gasteiger partial charge in [0, 0.05) is 0 Å². The zero-order valence-electron chi connectivity index (χ0n) is 11.0. The molecule has 1 unspecified atom stereocenters. The highest BCUT2D eigenvalue weighted by atomic mass is 16.6. The van der Waals surface area contributed by atoms with Crippen LogP contribution < -0.4 is 26.3 Å². The second kappa shape index (κ2) is 7.72. The number of nitrogens with one attached hydrogen (secondary N) is 1. The number of hydrogen-bond donors (Lipinski definition) is 3. The van der Waals surface area contributed by atoms with E-state index in [2.05, 4.69) is 16.8 Å². The Labute approximate surface area is 116 Å². The van der Waals surface area contributed by atoms with E-state index in [4.69, 9.17) is 19.0 Å². The van der Waals surface area contributed by atoms with Gasteiger partial charge in [-0.3, -0.25) is 0 Å². The first kappa shape index (κ1) is 15.4. The van der Waals surface area contributed by atoms with Gasteiger partial charge in [0.2, 0.25) is 0 Å². The van der Waals surface area contributed by atoms with Crippen LogP contribution in [0.1, 0.15) is 0 Å². The summed E-state index contributed by atoms with van der Waals surface area (Å²) in [5.41, 5.74) is 8.50. The third-order valence-corrected chi connectivity index (χ3v) is 2.24. The Balaban J connectivity index is 0.000000444. The highest BCUT2D eigenvalue weighted by Crippen LogP contribution is 2.26. The van der Waals surface area contributed by atoms with Crippen LogP contribution in [0.25, 0.3) is 0 Å². The average Bonchev–Trinajstić information content (AvgIpc) is 2.82. The zero-order valence-corrected chi connectivity index (χ0v) is 11.0. The molecular formula is C12H17N3O5. The molecule has 8 nitrogen and oxygen atoms in total. The van der Waals surface area contributed by atoms with Crippen molar-refractivity contribution in [1.82, 2.24) is 5.32 Å². The number of alkyl carbamates (subject to hydrolysis) is 1. The largest absolute Gasteiger partial charge is 0.493 e. The molecule has 0 aromatic heterocycles. The van der Waals surface area contributed by atoms with Crippen LogP contribution in [0.2, 0.25) is 0 Å². The van der Waals surface area contributed by atoms with Crippen molar-refractivity contribution >= 4 is 12.1 Å². The standard InChI is InChI=1S/C11H13NO4.CH4N2O/c1-14-9-4-2-3-5-10(9)15-7-8-6-12-11(13)16-8;2-1(3)4/h2-5,8H,6-7H2,1H3,(H,12,13);(H4,2,3,4). The van der Waals surface area contributed by atoms with E-state index in [-0.39, 0.29) is 6.10 Å². The fourth-order valence-electron chi connectivity index (χ4n) is 1.45. The van der Waals surface area contributed by atoms with Crippen LogP contribution >= 0.6 is 0 Å². The Morgan fingerprint density at radius 1 is 1.40 bits per heavy atom. The number of benzene rings is 1. The lowest BCUT2D eigenvalue weighted by Gasteiger charge is -2.12. The lowest BCUT2D eigenvalue weighted by Crippen LogP contribution is -2.22. The number of hydrogen-bond acceptors (Lipinski definition) is 5. The molecule has 5 N–H and O–H groups in total. The van der Waals surface area contributed by atoms with Gasteiger partial charge in [-0.05, 0) is 12.1 Å². The molecule has 0 aliphatic carbocycles. The second-order valence-corrected chi connectivity index (χ2v) is 3.77. The predicted molar refractivity (Wildman–Crippen MR) is 70.5 cm³/mol. The van der Waals surface area contributed by atoms with Gasteiger partial charge < -0.3 is 31.0 Å². The summed E-state index contributed by atoms with van der Waals surface area (Å²) in [6.07, 6.45) is -0.633. The highest BCUT2D eigenvalue weighted by molar-refractivity contribution is 5.69.